The number of carbonyl (C=O) groups is 1. The molecule has 2 heterocycles. The van der Waals surface area contributed by atoms with E-state index in [0.29, 0.717) is 24.7 Å². The highest BCUT2D eigenvalue weighted by atomic mass is 32.2. The maximum Gasteiger partial charge on any atom is 0.287 e. The van der Waals surface area contributed by atoms with Gasteiger partial charge in [-0.3, -0.25) is 4.79 Å². The maximum absolute atomic E-state index is 12.6. The first-order valence-electron chi connectivity index (χ1n) is 9.49. The lowest BCUT2D eigenvalue weighted by atomic mass is 10.1. The van der Waals surface area contributed by atoms with Crippen molar-refractivity contribution >= 4 is 15.7 Å². The molecule has 1 amide bonds. The van der Waals surface area contributed by atoms with Crippen LogP contribution in [0.2, 0.25) is 0 Å². The lowest BCUT2D eigenvalue weighted by molar-refractivity contribution is 0.0910. The number of furan rings is 1. The summed E-state index contributed by atoms with van der Waals surface area (Å²) in [5, 5.41) is 2.85. The van der Waals surface area contributed by atoms with Crippen LogP contribution in [0.5, 0.6) is 11.5 Å². The van der Waals surface area contributed by atoms with E-state index >= 15 is 0 Å². The molecule has 0 aliphatic carbocycles. The van der Waals surface area contributed by atoms with E-state index < -0.39 is 15.7 Å². The number of sulfone groups is 1. The largest absolute Gasteiger partial charge is 0.486 e. The van der Waals surface area contributed by atoms with Crippen molar-refractivity contribution in [2.45, 2.75) is 23.6 Å². The van der Waals surface area contributed by atoms with Crippen molar-refractivity contribution < 1.29 is 27.1 Å². The van der Waals surface area contributed by atoms with Crippen LogP contribution in [-0.2, 0) is 15.6 Å². The third-order valence-electron chi connectivity index (χ3n) is 4.73. The Morgan fingerprint density at radius 1 is 1.00 bits per heavy atom. The van der Waals surface area contributed by atoms with Crippen LogP contribution in [0.4, 0.5) is 0 Å². The number of nitrogens with one attached hydrogen (secondary N) is 1. The van der Waals surface area contributed by atoms with E-state index in [4.69, 9.17) is 13.9 Å². The van der Waals surface area contributed by atoms with Gasteiger partial charge >= 0.3 is 0 Å². The van der Waals surface area contributed by atoms with Crippen LogP contribution in [0.3, 0.4) is 0 Å². The topological polar surface area (TPSA) is 94.8 Å². The van der Waals surface area contributed by atoms with Gasteiger partial charge < -0.3 is 19.2 Å². The molecule has 2 aromatic carbocycles. The number of rotatable bonds is 6. The standard InChI is InChI=1S/C22H21NO6S/c1-15(16-7-9-19-21(13-16)28-12-11-27-19)23-22(24)20-10-8-17(29-20)14-30(25,26)18-5-3-2-4-6-18/h2-10,13,15H,11-12,14H2,1H3,(H,23,24)/t15-/m0/s1. The molecule has 4 rings (SSSR count). The van der Waals surface area contributed by atoms with Gasteiger partial charge in [0, 0.05) is 0 Å². The van der Waals surface area contributed by atoms with Gasteiger partial charge in [-0.15, -0.1) is 0 Å². The number of benzene rings is 2. The zero-order valence-corrected chi connectivity index (χ0v) is 17.1. The van der Waals surface area contributed by atoms with E-state index in [1.807, 2.05) is 25.1 Å². The van der Waals surface area contributed by atoms with Crippen LogP contribution >= 0.6 is 0 Å². The van der Waals surface area contributed by atoms with Gasteiger partial charge in [-0.05, 0) is 48.9 Å². The minimum Gasteiger partial charge on any atom is -0.486 e. The molecule has 0 bridgehead atoms. The molecule has 1 atom stereocenters. The summed E-state index contributed by atoms with van der Waals surface area (Å²) in [5.41, 5.74) is 0.853. The average Bonchev–Trinajstić information content (AvgIpc) is 3.22. The second-order valence-corrected chi connectivity index (χ2v) is 8.93. The molecule has 1 aliphatic rings. The van der Waals surface area contributed by atoms with E-state index in [9.17, 15) is 13.2 Å². The maximum atomic E-state index is 12.6. The monoisotopic (exact) mass is 427 g/mol. The first kappa shape index (κ1) is 20.0. The third-order valence-corrected chi connectivity index (χ3v) is 6.39. The Kier molecular flexibility index (Phi) is 5.50. The molecular weight excluding hydrogens is 406 g/mol. The molecule has 1 N–H and O–H groups in total. The SMILES string of the molecule is C[C@H](NC(=O)c1ccc(CS(=O)(=O)c2ccccc2)o1)c1ccc2c(c1)OCCO2. The third kappa shape index (κ3) is 4.33. The lowest BCUT2D eigenvalue weighted by Crippen LogP contribution is -2.26. The average molecular weight is 427 g/mol. The molecule has 30 heavy (non-hydrogen) atoms. The van der Waals surface area contributed by atoms with E-state index in [0.717, 1.165) is 5.56 Å². The Bertz CT molecular complexity index is 1150. The second-order valence-electron chi connectivity index (χ2n) is 6.94. The van der Waals surface area contributed by atoms with Crippen LogP contribution in [0.25, 0.3) is 0 Å². The number of amides is 1. The van der Waals surface area contributed by atoms with Crippen LogP contribution < -0.4 is 14.8 Å². The minimum absolute atomic E-state index is 0.0534. The number of hydrogen-bond acceptors (Lipinski definition) is 6. The molecule has 0 fully saturated rings. The number of carbonyl (C=O) groups excluding carboxylic acids is 1. The highest BCUT2D eigenvalue weighted by Crippen LogP contribution is 2.32. The van der Waals surface area contributed by atoms with E-state index in [1.54, 1.807) is 18.2 Å². The van der Waals surface area contributed by atoms with Gasteiger partial charge in [-0.1, -0.05) is 24.3 Å². The molecule has 7 nitrogen and oxygen atoms in total. The predicted molar refractivity (Wildman–Crippen MR) is 109 cm³/mol. The molecule has 3 aromatic rings. The number of ether oxygens (including phenoxy) is 2. The Hall–Kier alpha value is -3.26. The summed E-state index contributed by atoms with van der Waals surface area (Å²) in [6, 6.07) is 16.3. The van der Waals surface area contributed by atoms with Crippen molar-refractivity contribution in [3.8, 4) is 11.5 Å². The molecule has 0 spiro atoms. The van der Waals surface area contributed by atoms with Crippen molar-refractivity contribution in [1.82, 2.24) is 5.32 Å². The molecule has 1 aromatic heterocycles. The molecule has 156 valence electrons. The van der Waals surface area contributed by atoms with Crippen LogP contribution in [0.15, 0.2) is 70.0 Å². The van der Waals surface area contributed by atoms with Gasteiger partial charge in [0.2, 0.25) is 0 Å². The Morgan fingerprint density at radius 2 is 1.73 bits per heavy atom. The Balaban J connectivity index is 1.43. The zero-order valence-electron chi connectivity index (χ0n) is 16.3. The summed E-state index contributed by atoms with van der Waals surface area (Å²) >= 11 is 0. The first-order valence-corrected chi connectivity index (χ1v) is 11.1. The molecule has 1 aliphatic heterocycles. The van der Waals surface area contributed by atoms with E-state index in [-0.39, 0.29) is 28.2 Å². The smallest absolute Gasteiger partial charge is 0.287 e. The fraction of sp³-hybridized carbons (Fsp3) is 0.227. The summed E-state index contributed by atoms with van der Waals surface area (Å²) in [6.07, 6.45) is 0. The van der Waals surface area contributed by atoms with Crippen LogP contribution in [0, 0.1) is 0 Å². The van der Waals surface area contributed by atoms with Crippen molar-refractivity contribution in [3.05, 3.63) is 77.7 Å². The number of hydrogen-bond donors (Lipinski definition) is 1. The highest BCUT2D eigenvalue weighted by Gasteiger charge is 2.21. The van der Waals surface area contributed by atoms with Crippen molar-refractivity contribution in [2.75, 3.05) is 13.2 Å². The van der Waals surface area contributed by atoms with Gasteiger partial charge in [-0.25, -0.2) is 8.42 Å². The van der Waals surface area contributed by atoms with Crippen molar-refractivity contribution in [2.24, 2.45) is 0 Å². The van der Waals surface area contributed by atoms with Crippen LogP contribution in [0.1, 0.15) is 34.8 Å². The van der Waals surface area contributed by atoms with Crippen LogP contribution in [-0.4, -0.2) is 27.5 Å². The summed E-state index contributed by atoms with van der Waals surface area (Å²) in [6.45, 7) is 2.84. The number of fused-ring (bicyclic) bond motifs is 1. The van der Waals surface area contributed by atoms with Gasteiger partial charge in [-0.2, -0.15) is 0 Å². The van der Waals surface area contributed by atoms with Gasteiger partial charge in [0.1, 0.15) is 24.7 Å². The van der Waals surface area contributed by atoms with Gasteiger partial charge in [0.25, 0.3) is 5.91 Å². The molecule has 0 saturated heterocycles. The first-order chi connectivity index (χ1) is 14.4. The minimum atomic E-state index is -3.55. The summed E-state index contributed by atoms with van der Waals surface area (Å²) in [4.78, 5) is 12.8. The van der Waals surface area contributed by atoms with Crippen molar-refractivity contribution in [1.29, 1.82) is 0 Å². The highest BCUT2D eigenvalue weighted by molar-refractivity contribution is 7.90. The molecule has 8 heteroatoms. The fourth-order valence-corrected chi connectivity index (χ4v) is 4.42. The predicted octanol–water partition coefficient (Wildman–Crippen LogP) is 3.52. The molecule has 0 radical (unpaired) electrons. The summed E-state index contributed by atoms with van der Waals surface area (Å²) in [7, 11) is -3.55. The summed E-state index contributed by atoms with van der Waals surface area (Å²) in [5.74, 6) is 0.835. The normalized spacial score (nSPS) is 14.2. The van der Waals surface area contributed by atoms with Crippen molar-refractivity contribution in [3.63, 3.8) is 0 Å². The molecular formula is C22H21NO6S. The molecule has 0 unspecified atom stereocenters. The van der Waals surface area contributed by atoms with E-state index in [2.05, 4.69) is 5.32 Å². The Labute approximate surface area is 174 Å². The lowest BCUT2D eigenvalue weighted by Gasteiger charge is -2.21. The summed E-state index contributed by atoms with van der Waals surface area (Å²) < 4.78 is 41.5. The fourth-order valence-electron chi connectivity index (χ4n) is 3.16. The quantitative estimate of drug-likeness (QED) is 0.647. The van der Waals surface area contributed by atoms with Gasteiger partial charge in [0.05, 0.1) is 10.9 Å². The second kappa shape index (κ2) is 8.23. The van der Waals surface area contributed by atoms with E-state index in [1.165, 1.54) is 24.3 Å². The zero-order chi connectivity index (χ0) is 21.1. The molecule has 0 saturated carbocycles. The van der Waals surface area contributed by atoms with Gasteiger partial charge in [0.15, 0.2) is 27.1 Å². The Morgan fingerprint density at radius 3 is 2.50 bits per heavy atom.